The van der Waals surface area contributed by atoms with Crippen LogP contribution in [-0.2, 0) is 17.8 Å². The topological polar surface area (TPSA) is 67.6 Å². The summed E-state index contributed by atoms with van der Waals surface area (Å²) in [5, 5.41) is 3.24. The number of hydrogen-bond donors (Lipinski definition) is 2. The number of nitrogens with zero attached hydrogens (tertiary/aromatic N) is 1. The highest BCUT2D eigenvalue weighted by Gasteiger charge is 2.12. The number of anilines is 1. The highest BCUT2D eigenvalue weighted by molar-refractivity contribution is 6.34. The first kappa shape index (κ1) is 17.7. The van der Waals surface area contributed by atoms with Gasteiger partial charge >= 0.3 is 0 Å². The van der Waals surface area contributed by atoms with E-state index in [9.17, 15) is 4.79 Å². The van der Waals surface area contributed by atoms with Crippen molar-refractivity contribution in [3.63, 3.8) is 0 Å². The molecule has 132 valence electrons. The van der Waals surface area contributed by atoms with Crippen LogP contribution in [-0.4, -0.2) is 37.1 Å². The Balaban J connectivity index is 1.53. The minimum atomic E-state index is -0.206. The number of nitrogens with two attached hydrogens (primary N) is 1. The van der Waals surface area contributed by atoms with Crippen molar-refractivity contribution in [1.29, 1.82) is 0 Å². The maximum absolute atomic E-state index is 12.2. The fraction of sp³-hybridized carbons (Fsp3) is 0.316. The Labute approximate surface area is 152 Å². The quantitative estimate of drug-likeness (QED) is 0.805. The van der Waals surface area contributed by atoms with Crippen molar-refractivity contribution in [1.82, 2.24) is 10.2 Å². The van der Waals surface area contributed by atoms with Gasteiger partial charge in [0.15, 0.2) is 0 Å². The number of amides is 1. The number of morpholine rings is 1. The lowest BCUT2D eigenvalue weighted by Crippen LogP contribution is -2.35. The van der Waals surface area contributed by atoms with Crippen molar-refractivity contribution < 1.29 is 9.53 Å². The fourth-order valence-electron chi connectivity index (χ4n) is 2.77. The Kier molecular flexibility index (Phi) is 5.91. The van der Waals surface area contributed by atoms with Crippen LogP contribution >= 0.6 is 11.6 Å². The summed E-state index contributed by atoms with van der Waals surface area (Å²) in [4.78, 5) is 14.6. The number of hydrogen-bond acceptors (Lipinski definition) is 4. The van der Waals surface area contributed by atoms with Crippen LogP contribution in [0.2, 0.25) is 5.02 Å². The van der Waals surface area contributed by atoms with E-state index in [4.69, 9.17) is 22.1 Å². The predicted molar refractivity (Wildman–Crippen MR) is 99.6 cm³/mol. The first-order valence-electron chi connectivity index (χ1n) is 8.33. The van der Waals surface area contributed by atoms with Gasteiger partial charge in [0.05, 0.1) is 23.8 Å². The van der Waals surface area contributed by atoms with Crippen LogP contribution in [0.15, 0.2) is 42.5 Å². The Hall–Kier alpha value is -2.08. The van der Waals surface area contributed by atoms with Crippen molar-refractivity contribution >= 4 is 23.2 Å². The number of nitrogen functional groups attached to an aromatic ring is 1. The van der Waals surface area contributed by atoms with Crippen LogP contribution in [0, 0.1) is 0 Å². The van der Waals surface area contributed by atoms with Gasteiger partial charge in [0.1, 0.15) is 0 Å². The number of carbonyl (C=O) groups excluding carboxylic acids is 1. The van der Waals surface area contributed by atoms with Gasteiger partial charge in [0, 0.05) is 31.9 Å². The zero-order valence-corrected chi connectivity index (χ0v) is 14.8. The van der Waals surface area contributed by atoms with Gasteiger partial charge in [0.2, 0.25) is 0 Å². The summed E-state index contributed by atoms with van der Waals surface area (Å²) in [5.74, 6) is -0.206. The van der Waals surface area contributed by atoms with Gasteiger partial charge in [0.25, 0.3) is 5.91 Å². The van der Waals surface area contributed by atoms with Gasteiger partial charge in [-0.15, -0.1) is 0 Å². The monoisotopic (exact) mass is 359 g/mol. The molecule has 3 rings (SSSR count). The van der Waals surface area contributed by atoms with Gasteiger partial charge in [-0.25, -0.2) is 0 Å². The predicted octanol–water partition coefficient (Wildman–Crippen LogP) is 2.68. The minimum Gasteiger partial charge on any atom is -0.399 e. The molecule has 1 aliphatic heterocycles. The van der Waals surface area contributed by atoms with Gasteiger partial charge in [-0.3, -0.25) is 9.69 Å². The lowest BCUT2D eigenvalue weighted by molar-refractivity contribution is 0.0342. The summed E-state index contributed by atoms with van der Waals surface area (Å²) in [5.41, 5.74) is 8.93. The molecule has 1 saturated heterocycles. The normalized spacial score (nSPS) is 15.1. The average molecular weight is 360 g/mol. The third kappa shape index (κ3) is 4.95. The van der Waals surface area contributed by atoms with E-state index in [1.54, 1.807) is 18.2 Å². The first-order valence-corrected chi connectivity index (χ1v) is 8.71. The van der Waals surface area contributed by atoms with Crippen molar-refractivity contribution in [2.24, 2.45) is 0 Å². The van der Waals surface area contributed by atoms with E-state index in [0.29, 0.717) is 22.8 Å². The number of ether oxygens (including phenoxy) is 1. The molecule has 1 fully saturated rings. The molecule has 0 aliphatic carbocycles. The van der Waals surface area contributed by atoms with Crippen LogP contribution in [0.3, 0.4) is 0 Å². The van der Waals surface area contributed by atoms with Gasteiger partial charge in [-0.05, 0) is 29.3 Å². The zero-order chi connectivity index (χ0) is 17.6. The molecule has 6 heteroatoms. The Morgan fingerprint density at radius 3 is 2.48 bits per heavy atom. The first-order chi connectivity index (χ1) is 12.1. The summed E-state index contributed by atoms with van der Waals surface area (Å²) >= 11 is 6.07. The van der Waals surface area contributed by atoms with E-state index >= 15 is 0 Å². The average Bonchev–Trinajstić information content (AvgIpc) is 2.62. The summed E-state index contributed by atoms with van der Waals surface area (Å²) in [7, 11) is 0. The number of benzene rings is 2. The molecule has 1 amide bonds. The minimum absolute atomic E-state index is 0.206. The SMILES string of the molecule is Nc1ccc(C(=O)NCc2ccc(CN3CCOCC3)cc2)c(Cl)c1. The number of nitrogens with one attached hydrogen (secondary N) is 1. The van der Waals surface area contributed by atoms with Crippen LogP contribution in [0.1, 0.15) is 21.5 Å². The molecular weight excluding hydrogens is 338 g/mol. The molecule has 3 N–H and O–H groups in total. The van der Waals surface area contributed by atoms with Gasteiger partial charge in [-0.1, -0.05) is 35.9 Å². The molecule has 2 aromatic carbocycles. The van der Waals surface area contributed by atoms with E-state index in [0.717, 1.165) is 38.4 Å². The molecular formula is C19H22ClN3O2. The third-order valence-electron chi connectivity index (χ3n) is 4.22. The lowest BCUT2D eigenvalue weighted by Gasteiger charge is -2.26. The van der Waals surface area contributed by atoms with Crippen molar-refractivity contribution in [2.45, 2.75) is 13.1 Å². The summed E-state index contributed by atoms with van der Waals surface area (Å²) in [6.07, 6.45) is 0. The molecule has 0 unspecified atom stereocenters. The molecule has 2 aromatic rings. The lowest BCUT2D eigenvalue weighted by atomic mass is 10.1. The van der Waals surface area contributed by atoms with E-state index in [1.165, 1.54) is 5.56 Å². The maximum atomic E-state index is 12.2. The standard InChI is InChI=1S/C19H22ClN3O2/c20-18-11-16(21)5-6-17(18)19(24)22-12-14-1-3-15(4-2-14)13-23-7-9-25-10-8-23/h1-6,11H,7-10,12-13,21H2,(H,22,24). The summed E-state index contributed by atoms with van der Waals surface area (Å²) < 4.78 is 5.36. The van der Waals surface area contributed by atoms with Crippen LogP contribution in [0.5, 0.6) is 0 Å². The van der Waals surface area contributed by atoms with E-state index < -0.39 is 0 Å². The number of rotatable bonds is 5. The van der Waals surface area contributed by atoms with Crippen molar-refractivity contribution in [2.75, 3.05) is 32.0 Å². The molecule has 5 nitrogen and oxygen atoms in total. The molecule has 0 atom stereocenters. The second kappa shape index (κ2) is 8.34. The highest BCUT2D eigenvalue weighted by Crippen LogP contribution is 2.19. The van der Waals surface area contributed by atoms with Crippen LogP contribution in [0.4, 0.5) is 5.69 Å². The number of halogens is 1. The van der Waals surface area contributed by atoms with E-state index in [1.807, 2.05) is 12.1 Å². The molecule has 25 heavy (non-hydrogen) atoms. The van der Waals surface area contributed by atoms with E-state index in [-0.39, 0.29) is 5.91 Å². The molecule has 1 aliphatic rings. The molecule has 0 aromatic heterocycles. The second-order valence-corrected chi connectivity index (χ2v) is 6.53. The zero-order valence-electron chi connectivity index (χ0n) is 14.0. The largest absolute Gasteiger partial charge is 0.399 e. The van der Waals surface area contributed by atoms with Crippen molar-refractivity contribution in [3.05, 3.63) is 64.2 Å². The Bertz CT molecular complexity index is 728. The van der Waals surface area contributed by atoms with Gasteiger partial charge < -0.3 is 15.8 Å². The molecule has 0 radical (unpaired) electrons. The Morgan fingerprint density at radius 1 is 1.12 bits per heavy atom. The Morgan fingerprint density at radius 2 is 1.80 bits per heavy atom. The summed E-state index contributed by atoms with van der Waals surface area (Å²) in [6, 6.07) is 13.2. The highest BCUT2D eigenvalue weighted by atomic mass is 35.5. The fourth-order valence-corrected chi connectivity index (χ4v) is 3.05. The number of carbonyl (C=O) groups is 1. The van der Waals surface area contributed by atoms with Gasteiger partial charge in [-0.2, -0.15) is 0 Å². The van der Waals surface area contributed by atoms with E-state index in [2.05, 4.69) is 22.3 Å². The maximum Gasteiger partial charge on any atom is 0.253 e. The van der Waals surface area contributed by atoms with Crippen molar-refractivity contribution in [3.8, 4) is 0 Å². The smallest absolute Gasteiger partial charge is 0.253 e. The molecule has 0 bridgehead atoms. The second-order valence-electron chi connectivity index (χ2n) is 6.13. The molecule has 1 heterocycles. The summed E-state index contributed by atoms with van der Waals surface area (Å²) in [6.45, 7) is 4.93. The van der Waals surface area contributed by atoms with Crippen LogP contribution in [0.25, 0.3) is 0 Å². The molecule has 0 saturated carbocycles. The molecule has 0 spiro atoms. The van der Waals surface area contributed by atoms with Crippen LogP contribution < -0.4 is 11.1 Å². The third-order valence-corrected chi connectivity index (χ3v) is 4.54.